The van der Waals surface area contributed by atoms with Crippen molar-refractivity contribution in [2.45, 2.75) is 13.0 Å². The molecular formula is C30H25N8O2+. The highest BCUT2D eigenvalue weighted by Crippen LogP contribution is 2.24. The molecule has 4 N–H and O–H groups in total. The predicted octanol–water partition coefficient (Wildman–Crippen LogP) is 2.66. The molecule has 1 amide bonds. The topological polar surface area (TPSA) is 128 Å². The van der Waals surface area contributed by atoms with Crippen LogP contribution in [0.4, 0.5) is 5.82 Å². The third-order valence-electron chi connectivity index (χ3n) is 6.68. The number of amides is 1. The minimum Gasteiger partial charge on any atom is -0.369 e. The number of rotatable bonds is 4. The first-order chi connectivity index (χ1) is 19.4. The van der Waals surface area contributed by atoms with Gasteiger partial charge in [-0.05, 0) is 36.6 Å². The fraction of sp³-hybridized carbons (Fsp3) is 0.100. The summed E-state index contributed by atoms with van der Waals surface area (Å²) in [6.07, 6.45) is 8.47. The van der Waals surface area contributed by atoms with Crippen molar-refractivity contribution >= 4 is 28.1 Å². The SMILES string of the molecule is CC(NC(=O)c1c(N)nc[n+]2cc[nH]c12)c1cc2cccc(C#Cc3cnn(C)c3)c2c(=O)n1-c1ccccc1. The fourth-order valence-electron chi connectivity index (χ4n) is 4.79. The van der Waals surface area contributed by atoms with E-state index in [1.807, 2.05) is 74.8 Å². The molecule has 0 saturated heterocycles. The molecule has 0 radical (unpaired) electrons. The number of carbonyl (C=O) groups is 1. The Hall–Kier alpha value is -5.69. The molecule has 10 nitrogen and oxygen atoms in total. The Morgan fingerprint density at radius 3 is 2.75 bits per heavy atom. The minimum absolute atomic E-state index is 0.0999. The van der Waals surface area contributed by atoms with Crippen LogP contribution in [0.15, 0.2) is 90.5 Å². The normalized spacial score (nSPS) is 11.8. The van der Waals surface area contributed by atoms with Crippen molar-refractivity contribution in [2.24, 2.45) is 7.05 Å². The molecule has 0 spiro atoms. The number of hydrogen-bond acceptors (Lipinski definition) is 5. The Morgan fingerprint density at radius 2 is 1.98 bits per heavy atom. The van der Waals surface area contributed by atoms with Gasteiger partial charge in [0.25, 0.3) is 11.5 Å². The smallest absolute Gasteiger partial charge is 0.264 e. The predicted molar refractivity (Wildman–Crippen MR) is 151 cm³/mol. The quantitative estimate of drug-likeness (QED) is 0.239. The van der Waals surface area contributed by atoms with Crippen LogP contribution in [0.1, 0.15) is 40.1 Å². The Labute approximate surface area is 228 Å². The lowest BCUT2D eigenvalue weighted by Gasteiger charge is -2.21. The molecule has 2 aromatic carbocycles. The lowest BCUT2D eigenvalue weighted by atomic mass is 10.0. The van der Waals surface area contributed by atoms with Crippen LogP contribution in [0.3, 0.4) is 0 Å². The average Bonchev–Trinajstić information content (AvgIpc) is 3.60. The van der Waals surface area contributed by atoms with Gasteiger partial charge in [-0.15, -0.1) is 0 Å². The van der Waals surface area contributed by atoms with Crippen LogP contribution in [0.5, 0.6) is 0 Å². The molecule has 6 rings (SSSR count). The Bertz CT molecular complexity index is 2030. The number of nitrogens with zero attached hydrogens (tertiary/aromatic N) is 5. The van der Waals surface area contributed by atoms with Gasteiger partial charge in [-0.1, -0.05) is 47.2 Å². The number of aryl methyl sites for hydroxylation is 1. The van der Waals surface area contributed by atoms with Crippen LogP contribution in [0.2, 0.25) is 0 Å². The summed E-state index contributed by atoms with van der Waals surface area (Å²) in [5.41, 5.74) is 9.23. The van der Waals surface area contributed by atoms with Gasteiger partial charge in [-0.2, -0.15) is 5.10 Å². The van der Waals surface area contributed by atoms with E-state index in [4.69, 9.17) is 5.73 Å². The van der Waals surface area contributed by atoms with Crippen molar-refractivity contribution < 1.29 is 9.20 Å². The zero-order valence-corrected chi connectivity index (χ0v) is 21.8. The number of fused-ring (bicyclic) bond motifs is 2. The van der Waals surface area contributed by atoms with E-state index in [-0.39, 0.29) is 16.9 Å². The summed E-state index contributed by atoms with van der Waals surface area (Å²) in [4.78, 5) is 34.8. The number of aromatic amines is 1. The second-order valence-corrected chi connectivity index (χ2v) is 9.38. The minimum atomic E-state index is -0.565. The second kappa shape index (κ2) is 9.89. The second-order valence-electron chi connectivity index (χ2n) is 9.38. The van der Waals surface area contributed by atoms with E-state index in [1.165, 1.54) is 6.33 Å². The number of nitrogens with two attached hydrogens (primary N) is 1. The van der Waals surface area contributed by atoms with E-state index in [9.17, 15) is 9.59 Å². The fourth-order valence-corrected chi connectivity index (χ4v) is 4.79. The number of imidazole rings is 1. The molecule has 0 bridgehead atoms. The largest absolute Gasteiger partial charge is 0.369 e. The average molecular weight is 530 g/mol. The van der Waals surface area contributed by atoms with Crippen molar-refractivity contribution in [2.75, 3.05) is 5.73 Å². The molecule has 0 aliphatic carbocycles. The van der Waals surface area contributed by atoms with Gasteiger partial charge in [-0.25, -0.2) is 4.40 Å². The monoisotopic (exact) mass is 529 g/mol. The molecule has 0 aliphatic heterocycles. The molecule has 1 unspecified atom stereocenters. The number of aromatic nitrogens is 6. The summed E-state index contributed by atoms with van der Waals surface area (Å²) >= 11 is 0. The van der Waals surface area contributed by atoms with Crippen molar-refractivity contribution in [1.29, 1.82) is 0 Å². The van der Waals surface area contributed by atoms with Crippen molar-refractivity contribution in [1.82, 2.24) is 29.6 Å². The lowest BCUT2D eigenvalue weighted by molar-refractivity contribution is -0.513. The van der Waals surface area contributed by atoms with E-state index in [0.29, 0.717) is 28.0 Å². The van der Waals surface area contributed by atoms with Crippen LogP contribution < -0.4 is 21.0 Å². The maximum Gasteiger partial charge on any atom is 0.264 e. The summed E-state index contributed by atoms with van der Waals surface area (Å²) in [7, 11) is 1.82. The van der Waals surface area contributed by atoms with E-state index in [2.05, 4.69) is 32.2 Å². The van der Waals surface area contributed by atoms with Crippen LogP contribution in [-0.4, -0.2) is 30.2 Å². The van der Waals surface area contributed by atoms with Gasteiger partial charge < -0.3 is 11.1 Å². The van der Waals surface area contributed by atoms with Crippen LogP contribution in [0.25, 0.3) is 22.1 Å². The van der Waals surface area contributed by atoms with Gasteiger partial charge in [0.05, 0.1) is 29.4 Å². The highest BCUT2D eigenvalue weighted by molar-refractivity contribution is 6.03. The maximum atomic E-state index is 14.2. The Balaban J connectivity index is 1.48. The molecule has 10 heteroatoms. The molecule has 4 heterocycles. The van der Waals surface area contributed by atoms with Crippen molar-refractivity contribution in [3.05, 3.63) is 118 Å². The van der Waals surface area contributed by atoms with Crippen LogP contribution in [0, 0.1) is 11.8 Å². The molecule has 6 aromatic rings. The lowest BCUT2D eigenvalue weighted by Crippen LogP contribution is -2.34. The number of nitrogen functional groups attached to an aromatic ring is 1. The van der Waals surface area contributed by atoms with Gasteiger partial charge in [-0.3, -0.25) is 23.8 Å². The highest BCUT2D eigenvalue weighted by atomic mass is 16.2. The number of benzene rings is 2. The summed E-state index contributed by atoms with van der Waals surface area (Å²) in [6, 6.07) is 16.2. The first-order valence-corrected chi connectivity index (χ1v) is 12.6. The van der Waals surface area contributed by atoms with E-state index in [1.54, 1.807) is 32.2 Å². The third-order valence-corrected chi connectivity index (χ3v) is 6.68. The molecular weight excluding hydrogens is 504 g/mol. The van der Waals surface area contributed by atoms with E-state index in [0.717, 1.165) is 10.9 Å². The van der Waals surface area contributed by atoms with Gasteiger partial charge in [0, 0.05) is 30.2 Å². The van der Waals surface area contributed by atoms with Crippen molar-refractivity contribution in [3.8, 4) is 17.5 Å². The number of pyridine rings is 1. The Kier molecular flexibility index (Phi) is 6.09. The van der Waals surface area contributed by atoms with Crippen LogP contribution in [-0.2, 0) is 7.05 Å². The Morgan fingerprint density at radius 1 is 1.15 bits per heavy atom. The number of H-pyrrole nitrogens is 1. The summed E-state index contributed by atoms with van der Waals surface area (Å²) < 4.78 is 4.98. The summed E-state index contributed by atoms with van der Waals surface area (Å²) in [5.74, 6) is 5.93. The number of para-hydroxylation sites is 1. The van der Waals surface area contributed by atoms with Gasteiger partial charge in [0.2, 0.25) is 17.8 Å². The molecule has 0 fully saturated rings. The first-order valence-electron chi connectivity index (χ1n) is 12.6. The standard InChI is InChI=1S/C30H24N8O2/c1-19(35-29(39)26-27(31)33-18-37-14-13-32-28(26)37)24-15-22-8-6-7-21(12-11-20-16-34-36(2)17-20)25(22)30(40)38(24)23-9-4-3-5-10-23/h3-10,13-19H,1-2H3,(H3,31,32,35,39)/p+1. The van der Waals surface area contributed by atoms with Crippen molar-refractivity contribution in [3.63, 3.8) is 0 Å². The summed E-state index contributed by atoms with van der Waals surface area (Å²) in [6.45, 7) is 1.83. The zero-order valence-electron chi connectivity index (χ0n) is 21.8. The van der Waals surface area contributed by atoms with E-state index >= 15 is 0 Å². The molecule has 196 valence electrons. The van der Waals surface area contributed by atoms with Gasteiger partial charge in [0.1, 0.15) is 6.20 Å². The third kappa shape index (κ3) is 4.35. The number of anilines is 1. The maximum absolute atomic E-state index is 14.2. The highest BCUT2D eigenvalue weighted by Gasteiger charge is 2.25. The molecule has 1 atom stereocenters. The molecule has 4 aromatic heterocycles. The number of nitrogens with one attached hydrogen (secondary N) is 2. The van der Waals surface area contributed by atoms with E-state index < -0.39 is 11.9 Å². The van der Waals surface area contributed by atoms with Gasteiger partial charge >= 0.3 is 0 Å². The zero-order chi connectivity index (χ0) is 27.8. The van der Waals surface area contributed by atoms with Gasteiger partial charge in [0.15, 0.2) is 5.56 Å². The number of carbonyl (C=O) groups excluding carboxylic acids is 1. The summed E-state index contributed by atoms with van der Waals surface area (Å²) in [5, 5.41) is 8.38. The molecule has 0 aliphatic rings. The number of hydrogen-bond donors (Lipinski definition) is 3. The van der Waals surface area contributed by atoms with Crippen LogP contribution >= 0.6 is 0 Å². The molecule has 0 saturated carbocycles. The molecule has 40 heavy (non-hydrogen) atoms. The first kappa shape index (κ1) is 24.6.